The van der Waals surface area contributed by atoms with Gasteiger partial charge < -0.3 is 4.43 Å². The zero-order valence-electron chi connectivity index (χ0n) is 10.1. The lowest BCUT2D eigenvalue weighted by Gasteiger charge is -2.33. The number of rotatable bonds is 4. The lowest BCUT2D eigenvalue weighted by molar-refractivity contribution is -0.115. The van der Waals surface area contributed by atoms with Crippen LogP contribution < -0.4 is 0 Å². The highest BCUT2D eigenvalue weighted by Crippen LogP contribution is 2.28. The first-order valence-electron chi connectivity index (χ1n) is 4.82. The topological polar surface area (TPSA) is 26.3 Å². The standard InChI is InChI=1S/C11H21O2Si/c1-8(9(2)12)10(11(3,4)5)13-14(6)7/h10H,1H2,2-7H3. The number of Topliss-reactive ketones (excluding diaryl/α,β-unsaturated/α-hetero) is 1. The van der Waals surface area contributed by atoms with Gasteiger partial charge in [-0.15, -0.1) is 0 Å². The third kappa shape index (κ3) is 4.20. The van der Waals surface area contributed by atoms with E-state index in [-0.39, 0.29) is 17.3 Å². The van der Waals surface area contributed by atoms with Gasteiger partial charge in [0.15, 0.2) is 5.78 Å². The number of carbonyl (C=O) groups is 1. The van der Waals surface area contributed by atoms with Gasteiger partial charge >= 0.3 is 0 Å². The fourth-order valence-electron chi connectivity index (χ4n) is 1.19. The Morgan fingerprint density at radius 3 is 2.00 bits per heavy atom. The van der Waals surface area contributed by atoms with Crippen molar-refractivity contribution in [3.8, 4) is 0 Å². The highest BCUT2D eigenvalue weighted by Gasteiger charge is 2.30. The van der Waals surface area contributed by atoms with Crippen LogP contribution in [-0.2, 0) is 9.22 Å². The fourth-order valence-corrected chi connectivity index (χ4v) is 2.16. The van der Waals surface area contributed by atoms with Crippen LogP contribution in [0.25, 0.3) is 0 Å². The summed E-state index contributed by atoms with van der Waals surface area (Å²) in [7, 11) is -0.806. The Labute approximate surface area is 89.1 Å². The van der Waals surface area contributed by atoms with Gasteiger partial charge in [0.1, 0.15) is 0 Å². The van der Waals surface area contributed by atoms with Crippen molar-refractivity contribution < 1.29 is 9.22 Å². The summed E-state index contributed by atoms with van der Waals surface area (Å²) >= 11 is 0. The Morgan fingerprint density at radius 2 is 1.79 bits per heavy atom. The van der Waals surface area contributed by atoms with Gasteiger partial charge in [-0.05, 0) is 25.4 Å². The largest absolute Gasteiger partial charge is 0.410 e. The van der Waals surface area contributed by atoms with Crippen molar-refractivity contribution in [1.29, 1.82) is 0 Å². The maximum Gasteiger partial charge on any atom is 0.205 e. The molecule has 81 valence electrons. The number of ketones is 1. The molecule has 14 heavy (non-hydrogen) atoms. The minimum atomic E-state index is -0.806. The third-order valence-corrected chi connectivity index (χ3v) is 2.62. The molecule has 0 aliphatic heterocycles. The van der Waals surface area contributed by atoms with E-state index >= 15 is 0 Å². The summed E-state index contributed by atoms with van der Waals surface area (Å²) in [5.41, 5.74) is 0.522. The van der Waals surface area contributed by atoms with E-state index in [1.54, 1.807) is 6.92 Å². The Balaban J connectivity index is 4.74. The Kier molecular flexibility index (Phi) is 4.75. The van der Waals surface area contributed by atoms with E-state index in [2.05, 4.69) is 40.4 Å². The first-order chi connectivity index (χ1) is 6.16. The summed E-state index contributed by atoms with van der Waals surface area (Å²) in [5.74, 6) is 0.0215. The van der Waals surface area contributed by atoms with Crippen molar-refractivity contribution in [2.45, 2.75) is 46.9 Å². The zero-order valence-corrected chi connectivity index (χ0v) is 11.1. The molecule has 0 saturated carbocycles. The molecule has 0 aliphatic rings. The van der Waals surface area contributed by atoms with Crippen LogP contribution in [0.5, 0.6) is 0 Å². The third-order valence-electron chi connectivity index (χ3n) is 1.91. The fraction of sp³-hybridized carbons (Fsp3) is 0.727. The van der Waals surface area contributed by atoms with Crippen LogP contribution in [0.15, 0.2) is 12.2 Å². The molecule has 0 aromatic rings. The maximum atomic E-state index is 11.2. The predicted octanol–water partition coefficient (Wildman–Crippen LogP) is 2.81. The molecule has 0 fully saturated rings. The van der Waals surface area contributed by atoms with E-state index in [9.17, 15) is 4.79 Å². The minimum absolute atomic E-state index is 0.0215. The van der Waals surface area contributed by atoms with Gasteiger partial charge in [0.05, 0.1) is 6.10 Å². The molecule has 0 rings (SSSR count). The lowest BCUT2D eigenvalue weighted by atomic mass is 9.84. The van der Waals surface area contributed by atoms with Crippen LogP contribution in [0.4, 0.5) is 0 Å². The summed E-state index contributed by atoms with van der Waals surface area (Å²) in [4.78, 5) is 11.2. The summed E-state index contributed by atoms with van der Waals surface area (Å²) in [6.07, 6.45) is -0.149. The smallest absolute Gasteiger partial charge is 0.205 e. The van der Waals surface area contributed by atoms with Gasteiger partial charge in [-0.3, -0.25) is 4.79 Å². The molecule has 3 heteroatoms. The summed E-state index contributed by atoms with van der Waals surface area (Å²) in [6, 6.07) is 0. The Hall–Kier alpha value is -0.413. The van der Waals surface area contributed by atoms with Crippen LogP contribution in [0.3, 0.4) is 0 Å². The SMILES string of the molecule is C=C(C(C)=O)C(O[Si](C)C)C(C)(C)C. The van der Waals surface area contributed by atoms with Crippen molar-refractivity contribution in [2.75, 3.05) is 0 Å². The monoisotopic (exact) mass is 213 g/mol. The summed E-state index contributed by atoms with van der Waals surface area (Å²) in [6.45, 7) is 15.7. The number of hydrogen-bond donors (Lipinski definition) is 0. The van der Waals surface area contributed by atoms with E-state index in [1.165, 1.54) is 0 Å². The maximum absolute atomic E-state index is 11.2. The predicted molar refractivity (Wildman–Crippen MR) is 61.6 cm³/mol. The molecule has 0 aliphatic carbocycles. The lowest BCUT2D eigenvalue weighted by Crippen LogP contribution is -2.36. The van der Waals surface area contributed by atoms with E-state index in [0.717, 1.165) is 0 Å². The second-order valence-electron chi connectivity index (χ2n) is 4.85. The molecule has 0 N–H and O–H groups in total. The van der Waals surface area contributed by atoms with Gasteiger partial charge in [0.2, 0.25) is 9.04 Å². The zero-order chi connectivity index (χ0) is 11.5. The van der Waals surface area contributed by atoms with Crippen molar-refractivity contribution in [1.82, 2.24) is 0 Å². The molecule has 1 radical (unpaired) electrons. The molecule has 1 atom stereocenters. The van der Waals surface area contributed by atoms with Gasteiger partial charge in [0, 0.05) is 5.57 Å². The van der Waals surface area contributed by atoms with Gasteiger partial charge in [0.25, 0.3) is 0 Å². The minimum Gasteiger partial charge on any atom is -0.410 e. The second kappa shape index (κ2) is 4.89. The van der Waals surface area contributed by atoms with Crippen molar-refractivity contribution in [3.63, 3.8) is 0 Å². The highest BCUT2D eigenvalue weighted by atomic mass is 28.3. The molecule has 0 aromatic heterocycles. The van der Waals surface area contributed by atoms with E-state index in [4.69, 9.17) is 4.43 Å². The van der Waals surface area contributed by atoms with Gasteiger partial charge in [-0.25, -0.2) is 0 Å². The quantitative estimate of drug-likeness (QED) is 0.530. The van der Waals surface area contributed by atoms with Crippen LogP contribution in [0.2, 0.25) is 13.1 Å². The molecular weight excluding hydrogens is 192 g/mol. The molecule has 0 amide bonds. The van der Waals surface area contributed by atoms with Gasteiger partial charge in [-0.2, -0.15) is 0 Å². The molecule has 0 spiro atoms. The molecule has 0 aromatic carbocycles. The Morgan fingerprint density at radius 1 is 1.36 bits per heavy atom. The first kappa shape index (κ1) is 13.6. The van der Waals surface area contributed by atoms with Crippen molar-refractivity contribution >= 4 is 14.8 Å². The highest BCUT2D eigenvalue weighted by molar-refractivity contribution is 6.48. The normalized spacial score (nSPS) is 14.2. The Bertz CT molecular complexity index is 226. The second-order valence-corrected chi connectivity index (χ2v) is 6.91. The number of carbonyl (C=O) groups excluding carboxylic acids is 1. The van der Waals surface area contributed by atoms with Crippen molar-refractivity contribution in [3.05, 3.63) is 12.2 Å². The summed E-state index contributed by atoms with van der Waals surface area (Å²) in [5, 5.41) is 0. The average molecular weight is 213 g/mol. The van der Waals surface area contributed by atoms with E-state index in [0.29, 0.717) is 5.57 Å². The van der Waals surface area contributed by atoms with Crippen LogP contribution >= 0.6 is 0 Å². The van der Waals surface area contributed by atoms with E-state index < -0.39 is 9.04 Å². The van der Waals surface area contributed by atoms with E-state index in [1.807, 2.05) is 0 Å². The van der Waals surface area contributed by atoms with Crippen LogP contribution in [0.1, 0.15) is 27.7 Å². The molecule has 0 bridgehead atoms. The number of hydrogen-bond acceptors (Lipinski definition) is 2. The average Bonchev–Trinajstić information content (AvgIpc) is 1.96. The van der Waals surface area contributed by atoms with Crippen molar-refractivity contribution in [2.24, 2.45) is 5.41 Å². The van der Waals surface area contributed by atoms with Crippen LogP contribution in [0, 0.1) is 5.41 Å². The molecule has 2 nitrogen and oxygen atoms in total. The van der Waals surface area contributed by atoms with Crippen LogP contribution in [-0.4, -0.2) is 20.9 Å². The molecule has 0 heterocycles. The first-order valence-corrected chi connectivity index (χ1v) is 7.23. The molecule has 1 unspecified atom stereocenters. The summed E-state index contributed by atoms with van der Waals surface area (Å²) < 4.78 is 5.82. The van der Waals surface area contributed by atoms with Gasteiger partial charge in [-0.1, -0.05) is 27.4 Å². The molecular formula is C11H21O2Si. The molecule has 0 saturated heterocycles.